The number of hydrogen-bond donors (Lipinski definition) is 1. The highest BCUT2D eigenvalue weighted by molar-refractivity contribution is 6.34. The number of carbonyl (C=O) groups excluding carboxylic acids is 1. The third kappa shape index (κ3) is 5.45. The first-order valence-corrected chi connectivity index (χ1v) is 13.2. The Kier molecular flexibility index (Phi) is 7.77. The summed E-state index contributed by atoms with van der Waals surface area (Å²) in [4.78, 5) is 14.4. The Morgan fingerprint density at radius 1 is 1.31 bits per heavy atom. The van der Waals surface area contributed by atoms with Crippen LogP contribution in [0.4, 0.5) is 10.5 Å². The average Bonchev–Trinajstić information content (AvgIpc) is 3.53. The van der Waals surface area contributed by atoms with Gasteiger partial charge < -0.3 is 24.4 Å². The standard InChI is InChI=1S/C29H39ClN2O4/c1-17-10-8-9-11-22-16-24(35-28(33)31-22)20(4)27-29(5,36-27)18(2)13-19(3)32(6)23-14-21(12-17)15-25(34-7)26(23)30/h8-10,14-15,18,20,22,24,27H,3,11-13,16H2,1-2,4-7H3,(H,31,33)/b9-8+,17-10+/t18-,20+,22?,24?,27-,29-/m0/s1. The summed E-state index contributed by atoms with van der Waals surface area (Å²) >= 11 is 6.75. The van der Waals surface area contributed by atoms with Crippen molar-refractivity contribution in [3.05, 3.63) is 58.8 Å². The van der Waals surface area contributed by atoms with Gasteiger partial charge in [-0.25, -0.2) is 4.79 Å². The minimum atomic E-state index is -0.343. The van der Waals surface area contributed by atoms with Gasteiger partial charge >= 0.3 is 6.09 Å². The lowest BCUT2D eigenvalue weighted by Crippen LogP contribution is -2.48. The van der Waals surface area contributed by atoms with E-state index in [-0.39, 0.29) is 41.8 Å². The molecule has 3 aliphatic heterocycles. The summed E-state index contributed by atoms with van der Waals surface area (Å²) in [5, 5.41) is 3.55. The predicted octanol–water partition coefficient (Wildman–Crippen LogP) is 6.43. The first-order chi connectivity index (χ1) is 17.0. The van der Waals surface area contributed by atoms with E-state index in [0.29, 0.717) is 10.8 Å². The van der Waals surface area contributed by atoms with Gasteiger partial charge in [0.25, 0.3) is 0 Å². The summed E-state index contributed by atoms with van der Waals surface area (Å²) in [6, 6.07) is 4.16. The van der Waals surface area contributed by atoms with E-state index < -0.39 is 0 Å². The van der Waals surface area contributed by atoms with Crippen LogP contribution in [0.3, 0.4) is 0 Å². The third-order valence-electron chi connectivity index (χ3n) is 8.13. The zero-order chi connectivity index (χ0) is 26.2. The molecule has 2 unspecified atom stereocenters. The molecule has 2 fully saturated rings. The fourth-order valence-corrected chi connectivity index (χ4v) is 5.83. The van der Waals surface area contributed by atoms with Crippen molar-refractivity contribution in [2.24, 2.45) is 11.8 Å². The lowest BCUT2D eigenvalue weighted by molar-refractivity contribution is 0.0221. The normalized spacial score (nSPS) is 35.6. The van der Waals surface area contributed by atoms with Crippen LogP contribution < -0.4 is 15.0 Å². The van der Waals surface area contributed by atoms with Gasteiger partial charge in [-0.2, -0.15) is 0 Å². The van der Waals surface area contributed by atoms with Gasteiger partial charge in [-0.15, -0.1) is 0 Å². The zero-order valence-corrected chi connectivity index (χ0v) is 23.0. The highest BCUT2D eigenvalue weighted by atomic mass is 35.5. The molecule has 3 aliphatic rings. The predicted molar refractivity (Wildman–Crippen MR) is 145 cm³/mol. The van der Waals surface area contributed by atoms with Gasteiger partial charge in [-0.3, -0.25) is 0 Å². The smallest absolute Gasteiger partial charge is 0.407 e. The number of allylic oxidation sites excluding steroid dienone is 4. The molecule has 6 atom stereocenters. The maximum atomic E-state index is 12.3. The number of hydrogen-bond acceptors (Lipinski definition) is 5. The van der Waals surface area contributed by atoms with Crippen LogP contribution in [0.15, 0.2) is 48.2 Å². The van der Waals surface area contributed by atoms with E-state index in [0.717, 1.165) is 42.6 Å². The number of benzene rings is 1. The monoisotopic (exact) mass is 514 g/mol. The summed E-state index contributed by atoms with van der Waals surface area (Å²) in [6.07, 6.45) is 8.84. The highest BCUT2D eigenvalue weighted by Gasteiger charge is 2.60. The van der Waals surface area contributed by atoms with Gasteiger partial charge in [0.1, 0.15) is 16.9 Å². The van der Waals surface area contributed by atoms with Crippen LogP contribution in [-0.2, 0) is 15.9 Å². The Bertz CT molecular complexity index is 1080. The summed E-state index contributed by atoms with van der Waals surface area (Å²) in [5.74, 6) is 0.966. The molecule has 2 saturated heterocycles. The Balaban J connectivity index is 1.67. The molecule has 4 rings (SSSR count). The van der Waals surface area contributed by atoms with Crippen molar-refractivity contribution < 1.29 is 19.0 Å². The number of ether oxygens (including phenoxy) is 3. The van der Waals surface area contributed by atoms with Crippen molar-refractivity contribution in [2.75, 3.05) is 19.1 Å². The number of anilines is 1. The van der Waals surface area contributed by atoms with Crippen molar-refractivity contribution >= 4 is 23.4 Å². The van der Waals surface area contributed by atoms with Gasteiger partial charge in [0.2, 0.25) is 0 Å². The second-order valence-corrected chi connectivity index (χ2v) is 11.2. The van der Waals surface area contributed by atoms with E-state index in [1.165, 1.54) is 5.57 Å². The van der Waals surface area contributed by atoms with Gasteiger partial charge in [0, 0.05) is 31.1 Å². The first-order valence-electron chi connectivity index (χ1n) is 12.8. The molecular weight excluding hydrogens is 476 g/mol. The molecule has 0 aliphatic carbocycles. The molecule has 4 bridgehead atoms. The number of amides is 1. The van der Waals surface area contributed by atoms with Crippen molar-refractivity contribution in [3.63, 3.8) is 0 Å². The molecule has 0 spiro atoms. The van der Waals surface area contributed by atoms with Gasteiger partial charge in [0.05, 0.1) is 24.5 Å². The van der Waals surface area contributed by atoms with Gasteiger partial charge in [-0.05, 0) is 56.7 Å². The zero-order valence-electron chi connectivity index (χ0n) is 22.3. The number of nitrogens with zero attached hydrogens (tertiary/aromatic N) is 1. The number of rotatable bonds is 1. The minimum absolute atomic E-state index is 0.0253. The number of halogens is 1. The first kappa shape index (κ1) is 26.6. The molecule has 196 valence electrons. The minimum Gasteiger partial charge on any atom is -0.495 e. The quantitative estimate of drug-likeness (QED) is 0.437. The van der Waals surface area contributed by atoms with Crippen molar-refractivity contribution in [1.29, 1.82) is 0 Å². The molecule has 0 radical (unpaired) electrons. The van der Waals surface area contributed by atoms with E-state index >= 15 is 0 Å². The van der Waals surface area contributed by atoms with Crippen molar-refractivity contribution in [1.82, 2.24) is 5.32 Å². The molecule has 1 amide bonds. The Labute approximate surface area is 220 Å². The van der Waals surface area contributed by atoms with E-state index in [1.807, 2.05) is 13.1 Å². The Morgan fingerprint density at radius 2 is 2.06 bits per heavy atom. The molecule has 1 N–H and O–H groups in total. The van der Waals surface area contributed by atoms with Crippen LogP contribution in [0, 0.1) is 11.8 Å². The topological polar surface area (TPSA) is 63.3 Å². The fraction of sp³-hybridized carbons (Fsp3) is 0.552. The van der Waals surface area contributed by atoms with E-state index in [2.05, 4.69) is 68.8 Å². The van der Waals surface area contributed by atoms with Crippen LogP contribution in [0.25, 0.3) is 0 Å². The van der Waals surface area contributed by atoms with Crippen LogP contribution in [-0.4, -0.2) is 44.1 Å². The van der Waals surface area contributed by atoms with Gasteiger partial charge in [-0.1, -0.05) is 55.8 Å². The molecule has 0 saturated carbocycles. The second-order valence-electron chi connectivity index (χ2n) is 10.8. The SMILES string of the molecule is C=C1C[C@H](C)[C@]2(C)O[C@H]2[C@H](C)C2CC(C/C=C/C=C(\C)Cc3cc(OC)c(Cl)c(c3)N1C)NC(=O)O2. The molecule has 1 aromatic carbocycles. The maximum absolute atomic E-state index is 12.3. The summed E-state index contributed by atoms with van der Waals surface area (Å²) in [6.45, 7) is 13.0. The van der Waals surface area contributed by atoms with Crippen LogP contribution in [0.5, 0.6) is 5.75 Å². The Morgan fingerprint density at radius 3 is 2.78 bits per heavy atom. The largest absolute Gasteiger partial charge is 0.495 e. The Hall–Kier alpha value is -2.44. The molecule has 0 aromatic heterocycles. The lowest BCUT2D eigenvalue weighted by atomic mass is 9.81. The lowest BCUT2D eigenvalue weighted by Gasteiger charge is -2.33. The molecule has 3 heterocycles. The highest BCUT2D eigenvalue weighted by Crippen LogP contribution is 2.50. The van der Waals surface area contributed by atoms with Gasteiger partial charge in [0.15, 0.2) is 0 Å². The van der Waals surface area contributed by atoms with Crippen molar-refractivity contribution in [2.45, 2.75) is 77.2 Å². The number of fused-ring (bicyclic) bond motifs is 5. The third-order valence-corrected chi connectivity index (χ3v) is 8.51. The number of alkyl carbamates (subject to hydrolysis) is 1. The van der Waals surface area contributed by atoms with Crippen LogP contribution in [0.2, 0.25) is 5.02 Å². The number of nitrogens with one attached hydrogen (secondary N) is 1. The second kappa shape index (κ2) is 10.5. The van der Waals surface area contributed by atoms with Crippen LogP contribution >= 0.6 is 11.6 Å². The van der Waals surface area contributed by atoms with Crippen molar-refractivity contribution in [3.8, 4) is 5.75 Å². The van der Waals surface area contributed by atoms with E-state index in [9.17, 15) is 4.79 Å². The molecular formula is C29H39ClN2O4. The number of epoxide rings is 1. The van der Waals surface area contributed by atoms with E-state index in [4.69, 9.17) is 25.8 Å². The summed E-state index contributed by atoms with van der Waals surface area (Å²) in [5.41, 5.74) is 3.85. The summed E-state index contributed by atoms with van der Waals surface area (Å²) < 4.78 is 17.6. The van der Waals surface area contributed by atoms with Crippen LogP contribution in [0.1, 0.15) is 52.5 Å². The molecule has 1 aromatic rings. The summed E-state index contributed by atoms with van der Waals surface area (Å²) in [7, 11) is 3.64. The van der Waals surface area contributed by atoms with E-state index in [1.54, 1.807) is 7.11 Å². The maximum Gasteiger partial charge on any atom is 0.407 e. The average molecular weight is 515 g/mol. The fourth-order valence-electron chi connectivity index (χ4n) is 5.52. The number of carbonyl (C=O) groups is 1. The molecule has 6 nitrogen and oxygen atoms in total. The molecule has 7 heteroatoms. The number of methoxy groups -OCH3 is 1. The molecule has 36 heavy (non-hydrogen) atoms.